The van der Waals surface area contributed by atoms with Gasteiger partial charge in [0.1, 0.15) is 17.7 Å². The summed E-state index contributed by atoms with van der Waals surface area (Å²) in [5.74, 6) is 0.348. The molecule has 0 bridgehead atoms. The van der Waals surface area contributed by atoms with Crippen LogP contribution in [0, 0.1) is 5.82 Å². The van der Waals surface area contributed by atoms with Gasteiger partial charge in [0.05, 0.1) is 0 Å². The summed E-state index contributed by atoms with van der Waals surface area (Å²) in [5, 5.41) is 1.04. The van der Waals surface area contributed by atoms with Crippen molar-refractivity contribution < 1.29 is 4.39 Å². The van der Waals surface area contributed by atoms with Crippen molar-refractivity contribution in [3.63, 3.8) is 0 Å². The van der Waals surface area contributed by atoms with Crippen LogP contribution in [-0.4, -0.2) is 40.8 Å². The first kappa shape index (κ1) is 13.0. The molecule has 0 amide bonds. The third kappa shape index (κ3) is 2.50. The fourth-order valence-electron chi connectivity index (χ4n) is 2.26. The van der Waals surface area contributed by atoms with E-state index in [1.807, 2.05) is 0 Å². The molecule has 100 valence electrons. The lowest BCUT2D eigenvalue weighted by molar-refractivity contribution is 0.427. The van der Waals surface area contributed by atoms with Crippen LogP contribution in [0.4, 0.5) is 10.2 Å². The van der Waals surface area contributed by atoms with Crippen molar-refractivity contribution in [1.29, 1.82) is 0 Å². The van der Waals surface area contributed by atoms with Gasteiger partial charge in [-0.2, -0.15) is 0 Å². The summed E-state index contributed by atoms with van der Waals surface area (Å²) in [6, 6.07) is 3.00. The van der Waals surface area contributed by atoms with E-state index in [0.717, 1.165) is 32.0 Å². The molecule has 0 saturated carbocycles. The second kappa shape index (κ2) is 5.16. The van der Waals surface area contributed by atoms with Gasteiger partial charge in [-0.1, -0.05) is 21.0 Å². The first-order valence-electron chi connectivity index (χ1n) is 5.99. The highest BCUT2D eigenvalue weighted by Crippen LogP contribution is 2.28. The summed E-state index contributed by atoms with van der Waals surface area (Å²) in [6.45, 7) is 3.56. The molecule has 1 aromatic heterocycles. The monoisotopic (exact) mass is 298 g/mol. The molecule has 3 rings (SSSR count). The Labute approximate surface area is 117 Å². The van der Waals surface area contributed by atoms with Gasteiger partial charge in [-0.25, -0.2) is 14.4 Å². The average Bonchev–Trinajstić information content (AvgIpc) is 2.39. The van der Waals surface area contributed by atoms with Crippen molar-refractivity contribution in [3.8, 4) is 0 Å². The van der Waals surface area contributed by atoms with Gasteiger partial charge >= 0.3 is 0 Å². The molecule has 0 N–H and O–H groups in total. The van der Waals surface area contributed by atoms with E-state index in [2.05, 4.69) is 28.9 Å². The summed E-state index contributed by atoms with van der Waals surface area (Å²) < 4.78 is 16.0. The Morgan fingerprint density at radius 1 is 1.16 bits per heavy atom. The number of benzene rings is 1. The van der Waals surface area contributed by atoms with Crippen LogP contribution in [0.1, 0.15) is 0 Å². The van der Waals surface area contributed by atoms with Gasteiger partial charge in [0.25, 0.3) is 0 Å². The number of rotatable bonds is 1. The highest BCUT2D eigenvalue weighted by Gasteiger charge is 2.19. The van der Waals surface area contributed by atoms with Crippen LogP contribution in [0.15, 0.2) is 18.5 Å². The minimum Gasteiger partial charge on any atom is -0.353 e. The zero-order chi connectivity index (χ0) is 13.4. The highest BCUT2D eigenvalue weighted by molar-refractivity contribution is 7.13. The minimum absolute atomic E-state index is 0.322. The lowest BCUT2D eigenvalue weighted by atomic mass is 10.2. The number of nitrogens with zero attached hydrogens (tertiary/aromatic N) is 4. The fourth-order valence-corrected chi connectivity index (χ4v) is 2.70. The van der Waals surface area contributed by atoms with Gasteiger partial charge < -0.3 is 4.90 Å². The Bertz CT molecular complexity index is 616. The zero-order valence-electron chi connectivity index (χ0n) is 10.2. The number of hydrogen-bond donors (Lipinski definition) is 0. The Morgan fingerprint density at radius 2 is 1.89 bits per heavy atom. The molecular weight excluding hydrogens is 286 g/mol. The molecule has 19 heavy (non-hydrogen) atoms. The molecule has 7 heteroatoms. The maximum atomic E-state index is 13.9. The first-order valence-corrected chi connectivity index (χ1v) is 6.89. The Morgan fingerprint density at radius 3 is 2.63 bits per heavy atom. The molecule has 0 aliphatic carbocycles. The molecule has 0 radical (unpaired) electrons. The number of anilines is 1. The van der Waals surface area contributed by atoms with Crippen LogP contribution < -0.4 is 4.90 Å². The second-order valence-corrected chi connectivity index (χ2v) is 5.67. The first-order chi connectivity index (χ1) is 9.15. The number of aromatic nitrogens is 2. The van der Waals surface area contributed by atoms with Crippen molar-refractivity contribution >= 4 is 37.7 Å². The molecule has 1 aliphatic rings. The van der Waals surface area contributed by atoms with Gasteiger partial charge in [0.15, 0.2) is 5.82 Å². The smallest absolute Gasteiger partial charge is 0.151 e. The van der Waals surface area contributed by atoms with Crippen molar-refractivity contribution in [3.05, 3.63) is 29.3 Å². The van der Waals surface area contributed by atoms with E-state index in [1.165, 1.54) is 12.4 Å². The summed E-state index contributed by atoms with van der Waals surface area (Å²) in [4.78, 5) is 10.4. The summed E-state index contributed by atoms with van der Waals surface area (Å²) >= 11 is 5.93. The number of fused-ring (bicyclic) bond motifs is 1. The molecule has 2 aromatic rings. The highest BCUT2D eigenvalue weighted by atomic mass is 35.5. The normalized spacial score (nSPS) is 17.1. The van der Waals surface area contributed by atoms with Crippen molar-refractivity contribution in [2.75, 3.05) is 31.1 Å². The zero-order valence-corrected chi connectivity index (χ0v) is 12.1. The van der Waals surface area contributed by atoms with Crippen LogP contribution >= 0.6 is 21.0 Å². The molecule has 0 spiro atoms. The van der Waals surface area contributed by atoms with E-state index in [1.54, 1.807) is 6.07 Å². The predicted octanol–water partition coefficient (Wildman–Crippen LogP) is 2.33. The molecular formula is C12H13ClFN4P. The maximum absolute atomic E-state index is 13.9. The SMILES string of the molecule is Fc1cc(Cl)cc2c(N3CCN(P)CC3)ncnc12. The number of halogens is 2. The van der Waals surface area contributed by atoms with Gasteiger partial charge in [-0.05, 0) is 12.1 Å². The van der Waals surface area contributed by atoms with Crippen molar-refractivity contribution in [2.45, 2.75) is 0 Å². The third-order valence-corrected chi connectivity index (χ3v) is 3.98. The lowest BCUT2D eigenvalue weighted by Crippen LogP contribution is -2.42. The quantitative estimate of drug-likeness (QED) is 0.757. The van der Waals surface area contributed by atoms with Crippen LogP contribution in [0.5, 0.6) is 0 Å². The molecule has 1 aliphatic heterocycles. The van der Waals surface area contributed by atoms with E-state index >= 15 is 0 Å². The van der Waals surface area contributed by atoms with E-state index in [9.17, 15) is 4.39 Å². The van der Waals surface area contributed by atoms with Crippen LogP contribution in [0.3, 0.4) is 0 Å². The second-order valence-electron chi connectivity index (χ2n) is 4.50. The van der Waals surface area contributed by atoms with Gasteiger partial charge in [-0.3, -0.25) is 4.67 Å². The van der Waals surface area contributed by atoms with Gasteiger partial charge in [0.2, 0.25) is 0 Å². The van der Waals surface area contributed by atoms with Crippen LogP contribution in [0.2, 0.25) is 5.02 Å². The van der Waals surface area contributed by atoms with E-state index in [4.69, 9.17) is 11.6 Å². The maximum Gasteiger partial charge on any atom is 0.151 e. The standard InChI is InChI=1S/C12H13ClFN4P/c13-8-5-9-11(10(14)6-8)15-7-16-12(9)17-1-3-18(19)4-2-17/h5-7H,1-4,19H2. The topological polar surface area (TPSA) is 32.3 Å². The van der Waals surface area contributed by atoms with E-state index < -0.39 is 5.82 Å². The van der Waals surface area contributed by atoms with E-state index in [0.29, 0.717) is 15.9 Å². The summed E-state index contributed by atoms with van der Waals surface area (Å²) in [5.41, 5.74) is 0.322. The Balaban J connectivity index is 2.08. The Kier molecular flexibility index (Phi) is 3.52. The predicted molar refractivity (Wildman–Crippen MR) is 78.0 cm³/mol. The molecule has 1 atom stereocenters. The van der Waals surface area contributed by atoms with E-state index in [-0.39, 0.29) is 0 Å². The number of hydrogen-bond acceptors (Lipinski definition) is 4. The molecule has 2 heterocycles. The minimum atomic E-state index is -0.407. The molecule has 1 aromatic carbocycles. The largest absolute Gasteiger partial charge is 0.353 e. The average molecular weight is 299 g/mol. The Hall–Kier alpha value is -1.03. The fraction of sp³-hybridized carbons (Fsp3) is 0.333. The van der Waals surface area contributed by atoms with Crippen molar-refractivity contribution in [1.82, 2.24) is 14.6 Å². The molecule has 1 unspecified atom stereocenters. The van der Waals surface area contributed by atoms with Gasteiger partial charge in [0, 0.05) is 36.6 Å². The summed E-state index contributed by atoms with van der Waals surface area (Å²) in [7, 11) is 2.70. The summed E-state index contributed by atoms with van der Waals surface area (Å²) in [6.07, 6.45) is 1.40. The van der Waals surface area contributed by atoms with Crippen LogP contribution in [0.25, 0.3) is 10.9 Å². The third-order valence-electron chi connectivity index (χ3n) is 3.25. The molecule has 4 nitrogen and oxygen atoms in total. The molecule has 1 fully saturated rings. The van der Waals surface area contributed by atoms with Crippen molar-refractivity contribution in [2.24, 2.45) is 0 Å². The number of piperazine rings is 1. The van der Waals surface area contributed by atoms with Crippen LogP contribution in [-0.2, 0) is 0 Å². The molecule has 1 saturated heterocycles. The lowest BCUT2D eigenvalue weighted by Gasteiger charge is -2.33. The van der Waals surface area contributed by atoms with Gasteiger partial charge in [-0.15, -0.1) is 0 Å².